The number of rotatable bonds is 5. The van der Waals surface area contributed by atoms with Crippen molar-refractivity contribution in [2.75, 3.05) is 6.61 Å². The zero-order chi connectivity index (χ0) is 14.4. The molecule has 0 radical (unpaired) electrons. The van der Waals surface area contributed by atoms with Crippen molar-refractivity contribution in [3.8, 4) is 0 Å². The third-order valence-corrected chi connectivity index (χ3v) is 2.92. The summed E-state index contributed by atoms with van der Waals surface area (Å²) < 4.78 is 4.96. The monoisotopic (exact) mass is 271 g/mol. The molecule has 0 aliphatic carbocycles. The second-order valence-corrected chi connectivity index (χ2v) is 4.45. The van der Waals surface area contributed by atoms with E-state index in [1.165, 1.54) is 6.20 Å². The Labute approximate surface area is 118 Å². The summed E-state index contributed by atoms with van der Waals surface area (Å²) in [6.07, 6.45) is 3.94. The van der Waals surface area contributed by atoms with Crippen LogP contribution in [-0.4, -0.2) is 22.7 Å². The Morgan fingerprint density at radius 1 is 1.15 bits per heavy atom. The number of carbonyl (C=O) groups excluding carboxylic acids is 1. The molecule has 0 aliphatic rings. The van der Waals surface area contributed by atoms with Crippen molar-refractivity contribution in [2.45, 2.75) is 20.0 Å². The van der Waals surface area contributed by atoms with Crippen LogP contribution in [0.25, 0.3) is 0 Å². The molecule has 1 aromatic heterocycles. The number of aliphatic hydroxyl groups excluding tert-OH is 1. The van der Waals surface area contributed by atoms with Crippen molar-refractivity contribution in [3.05, 3.63) is 65.0 Å². The Morgan fingerprint density at radius 3 is 2.50 bits per heavy atom. The standard InChI is InChI=1S/C16H17NO3/c1-2-20-16(19)15-8-14(9-17-10-15)7-12-3-5-13(11-18)6-4-12/h3-6,8-10,18H,2,7,11H2,1H3. The average molecular weight is 271 g/mol. The maximum absolute atomic E-state index is 11.6. The average Bonchev–Trinajstić information content (AvgIpc) is 2.48. The van der Waals surface area contributed by atoms with Crippen LogP contribution in [0.5, 0.6) is 0 Å². The molecule has 0 unspecified atom stereocenters. The van der Waals surface area contributed by atoms with Crippen LogP contribution in [0, 0.1) is 0 Å². The molecule has 0 saturated heterocycles. The van der Waals surface area contributed by atoms with Crippen molar-refractivity contribution in [2.24, 2.45) is 0 Å². The lowest BCUT2D eigenvalue weighted by molar-refractivity contribution is 0.0525. The molecule has 0 fully saturated rings. The van der Waals surface area contributed by atoms with Gasteiger partial charge in [0.05, 0.1) is 18.8 Å². The largest absolute Gasteiger partial charge is 0.462 e. The molecule has 2 rings (SSSR count). The van der Waals surface area contributed by atoms with E-state index in [1.54, 1.807) is 19.2 Å². The highest BCUT2D eigenvalue weighted by Gasteiger charge is 2.07. The quantitative estimate of drug-likeness (QED) is 0.848. The summed E-state index contributed by atoms with van der Waals surface area (Å²) in [5.74, 6) is -0.350. The van der Waals surface area contributed by atoms with Crippen molar-refractivity contribution in [1.82, 2.24) is 4.98 Å². The van der Waals surface area contributed by atoms with Crippen molar-refractivity contribution >= 4 is 5.97 Å². The highest BCUT2D eigenvalue weighted by Crippen LogP contribution is 2.12. The number of esters is 1. The third kappa shape index (κ3) is 3.65. The Hall–Kier alpha value is -2.20. The lowest BCUT2D eigenvalue weighted by Crippen LogP contribution is -2.06. The van der Waals surface area contributed by atoms with Crippen molar-refractivity contribution in [1.29, 1.82) is 0 Å². The first-order valence-corrected chi connectivity index (χ1v) is 6.52. The molecule has 0 spiro atoms. The minimum Gasteiger partial charge on any atom is -0.462 e. The number of carbonyl (C=O) groups is 1. The van der Waals surface area contributed by atoms with E-state index in [0.29, 0.717) is 18.6 Å². The van der Waals surface area contributed by atoms with Gasteiger partial charge in [0.2, 0.25) is 0 Å². The van der Waals surface area contributed by atoms with Gasteiger partial charge < -0.3 is 9.84 Å². The minimum atomic E-state index is -0.350. The fourth-order valence-corrected chi connectivity index (χ4v) is 1.91. The number of hydrogen-bond donors (Lipinski definition) is 1. The van der Waals surface area contributed by atoms with Crippen LogP contribution >= 0.6 is 0 Å². The normalized spacial score (nSPS) is 10.3. The number of hydrogen-bond acceptors (Lipinski definition) is 4. The summed E-state index contributed by atoms with van der Waals surface area (Å²) in [4.78, 5) is 15.7. The predicted octanol–water partition coefficient (Wildman–Crippen LogP) is 2.34. The number of pyridine rings is 1. The summed E-state index contributed by atoms with van der Waals surface area (Å²) in [5, 5.41) is 9.00. The van der Waals surface area contributed by atoms with Crippen molar-refractivity contribution < 1.29 is 14.6 Å². The molecule has 2 aromatic rings. The van der Waals surface area contributed by atoms with Gasteiger partial charge in [-0.2, -0.15) is 0 Å². The lowest BCUT2D eigenvalue weighted by Gasteiger charge is -2.05. The Morgan fingerprint density at radius 2 is 1.85 bits per heavy atom. The maximum atomic E-state index is 11.6. The van der Waals surface area contributed by atoms with E-state index >= 15 is 0 Å². The Kier molecular flexibility index (Phi) is 4.85. The molecular formula is C16H17NO3. The first-order chi connectivity index (χ1) is 9.72. The summed E-state index contributed by atoms with van der Waals surface area (Å²) in [5.41, 5.74) is 3.40. The van der Waals surface area contributed by atoms with Gasteiger partial charge in [-0.3, -0.25) is 4.98 Å². The van der Waals surface area contributed by atoms with Gasteiger partial charge in [0.15, 0.2) is 0 Å². The maximum Gasteiger partial charge on any atom is 0.339 e. The number of ether oxygens (including phenoxy) is 1. The van der Waals surface area contributed by atoms with Gasteiger partial charge in [-0.25, -0.2) is 4.79 Å². The molecule has 1 N–H and O–H groups in total. The number of aliphatic hydroxyl groups is 1. The fourth-order valence-electron chi connectivity index (χ4n) is 1.91. The first-order valence-electron chi connectivity index (χ1n) is 6.52. The summed E-state index contributed by atoms with van der Waals surface area (Å²) in [6.45, 7) is 2.17. The molecule has 0 atom stereocenters. The van der Waals surface area contributed by atoms with Gasteiger partial charge in [-0.05, 0) is 36.1 Å². The van der Waals surface area contributed by atoms with Crippen LogP contribution in [0.1, 0.15) is 34.0 Å². The molecule has 1 heterocycles. The van der Waals surface area contributed by atoms with Crippen LogP contribution in [-0.2, 0) is 17.8 Å². The topological polar surface area (TPSA) is 59.4 Å². The highest BCUT2D eigenvalue weighted by atomic mass is 16.5. The lowest BCUT2D eigenvalue weighted by atomic mass is 10.0. The van der Waals surface area contributed by atoms with Gasteiger partial charge in [0, 0.05) is 12.4 Å². The highest BCUT2D eigenvalue weighted by molar-refractivity contribution is 5.89. The molecule has 0 saturated carbocycles. The molecule has 0 bridgehead atoms. The van der Waals surface area contributed by atoms with Crippen LogP contribution in [0.15, 0.2) is 42.7 Å². The molecule has 0 aliphatic heterocycles. The van der Waals surface area contributed by atoms with E-state index in [2.05, 4.69) is 4.98 Å². The first kappa shape index (κ1) is 14.2. The van der Waals surface area contributed by atoms with Gasteiger partial charge in [0.1, 0.15) is 0 Å². The van der Waals surface area contributed by atoms with Crippen LogP contribution < -0.4 is 0 Å². The molecular weight excluding hydrogens is 254 g/mol. The second-order valence-electron chi connectivity index (χ2n) is 4.45. The van der Waals surface area contributed by atoms with Crippen LogP contribution in [0.4, 0.5) is 0 Å². The fraction of sp³-hybridized carbons (Fsp3) is 0.250. The second kappa shape index (κ2) is 6.82. The predicted molar refractivity (Wildman–Crippen MR) is 75.4 cm³/mol. The van der Waals surface area contributed by atoms with Crippen LogP contribution in [0.3, 0.4) is 0 Å². The molecule has 1 aromatic carbocycles. The number of aromatic nitrogens is 1. The van der Waals surface area contributed by atoms with E-state index in [9.17, 15) is 4.79 Å². The molecule has 0 amide bonds. The number of benzene rings is 1. The minimum absolute atomic E-state index is 0.0418. The SMILES string of the molecule is CCOC(=O)c1cncc(Cc2ccc(CO)cc2)c1. The summed E-state index contributed by atoms with van der Waals surface area (Å²) >= 11 is 0. The van der Waals surface area contributed by atoms with Crippen LogP contribution in [0.2, 0.25) is 0 Å². The molecule has 4 nitrogen and oxygen atoms in total. The molecule has 104 valence electrons. The zero-order valence-corrected chi connectivity index (χ0v) is 11.4. The Bertz CT molecular complexity index is 579. The molecule has 20 heavy (non-hydrogen) atoms. The molecule has 4 heteroatoms. The zero-order valence-electron chi connectivity index (χ0n) is 11.4. The van der Waals surface area contributed by atoms with E-state index in [4.69, 9.17) is 9.84 Å². The van der Waals surface area contributed by atoms with E-state index in [-0.39, 0.29) is 12.6 Å². The van der Waals surface area contributed by atoms with Gasteiger partial charge in [0.25, 0.3) is 0 Å². The third-order valence-electron chi connectivity index (χ3n) is 2.92. The Balaban J connectivity index is 2.12. The smallest absolute Gasteiger partial charge is 0.339 e. The number of nitrogens with zero attached hydrogens (tertiary/aromatic N) is 1. The van der Waals surface area contributed by atoms with E-state index in [1.807, 2.05) is 24.3 Å². The van der Waals surface area contributed by atoms with Gasteiger partial charge in [-0.15, -0.1) is 0 Å². The summed E-state index contributed by atoms with van der Waals surface area (Å²) in [6, 6.07) is 9.49. The van der Waals surface area contributed by atoms with E-state index < -0.39 is 0 Å². The van der Waals surface area contributed by atoms with Gasteiger partial charge >= 0.3 is 5.97 Å². The van der Waals surface area contributed by atoms with E-state index in [0.717, 1.165) is 16.7 Å². The van der Waals surface area contributed by atoms with Gasteiger partial charge in [-0.1, -0.05) is 24.3 Å². The summed E-state index contributed by atoms with van der Waals surface area (Å²) in [7, 11) is 0. The van der Waals surface area contributed by atoms with Crippen molar-refractivity contribution in [3.63, 3.8) is 0 Å².